The number of hydrogen-bond acceptors (Lipinski definition) is 4. The van der Waals surface area contributed by atoms with Crippen LogP contribution >= 0.6 is 11.3 Å². The smallest absolute Gasteiger partial charge is 0.315 e. The van der Waals surface area contributed by atoms with E-state index < -0.39 is 0 Å². The zero-order valence-electron chi connectivity index (χ0n) is 14.3. The summed E-state index contributed by atoms with van der Waals surface area (Å²) in [5.74, 6) is 1.19. The first-order valence-electron chi connectivity index (χ1n) is 8.67. The van der Waals surface area contributed by atoms with Crippen molar-refractivity contribution in [3.8, 4) is 0 Å². The summed E-state index contributed by atoms with van der Waals surface area (Å²) < 4.78 is 2.25. The Kier molecular flexibility index (Phi) is 5.50. The molecular weight excluding hydrogens is 322 g/mol. The largest absolute Gasteiger partial charge is 0.338 e. The first-order chi connectivity index (χ1) is 11.7. The maximum atomic E-state index is 12.1. The molecule has 1 aliphatic rings. The fourth-order valence-corrected chi connectivity index (χ4v) is 3.91. The molecule has 0 aromatic carbocycles. The lowest BCUT2D eigenvalue weighted by Crippen LogP contribution is -2.38. The van der Waals surface area contributed by atoms with E-state index in [0.717, 1.165) is 42.2 Å². The van der Waals surface area contributed by atoms with Crippen molar-refractivity contribution in [2.24, 2.45) is 0 Å². The van der Waals surface area contributed by atoms with Gasteiger partial charge in [-0.15, -0.1) is 11.3 Å². The Morgan fingerprint density at radius 2 is 2.29 bits per heavy atom. The van der Waals surface area contributed by atoms with Crippen LogP contribution in [0.2, 0.25) is 0 Å². The molecule has 0 saturated heterocycles. The van der Waals surface area contributed by atoms with Crippen molar-refractivity contribution in [1.82, 2.24) is 25.2 Å². The number of thiazole rings is 1. The Balaban J connectivity index is 1.46. The molecular formula is C17H25N5OS. The van der Waals surface area contributed by atoms with Crippen molar-refractivity contribution in [2.75, 3.05) is 6.54 Å². The van der Waals surface area contributed by atoms with Crippen LogP contribution in [0, 0.1) is 6.92 Å². The summed E-state index contributed by atoms with van der Waals surface area (Å²) >= 11 is 1.59. The minimum Gasteiger partial charge on any atom is -0.338 e. The van der Waals surface area contributed by atoms with Crippen LogP contribution in [0.5, 0.6) is 0 Å². The van der Waals surface area contributed by atoms with Crippen molar-refractivity contribution < 1.29 is 4.79 Å². The zero-order valence-corrected chi connectivity index (χ0v) is 15.2. The van der Waals surface area contributed by atoms with Crippen molar-refractivity contribution in [2.45, 2.75) is 58.5 Å². The molecule has 1 aliphatic heterocycles. The van der Waals surface area contributed by atoms with Crippen LogP contribution < -0.4 is 10.6 Å². The Morgan fingerprint density at radius 3 is 3.00 bits per heavy atom. The third-order valence-corrected chi connectivity index (χ3v) is 5.35. The summed E-state index contributed by atoms with van der Waals surface area (Å²) in [5.41, 5.74) is 2.06. The monoisotopic (exact) mass is 347 g/mol. The highest BCUT2D eigenvalue weighted by Gasteiger charge is 2.16. The summed E-state index contributed by atoms with van der Waals surface area (Å²) in [6.07, 6.45) is 7.25. The van der Waals surface area contributed by atoms with Crippen LogP contribution in [0.15, 0.2) is 11.6 Å². The average Bonchev–Trinajstić information content (AvgIpc) is 3.18. The SMILES string of the molecule is CC[C@@H](NC(=O)NCCc1cn2c(n1)CCCC2)c1nc(C)cs1. The Labute approximate surface area is 146 Å². The fraction of sp³-hybridized carbons (Fsp3) is 0.588. The number of hydrogen-bond donors (Lipinski definition) is 2. The highest BCUT2D eigenvalue weighted by Crippen LogP contribution is 2.20. The van der Waals surface area contributed by atoms with Crippen LogP contribution in [0.4, 0.5) is 4.79 Å². The Morgan fingerprint density at radius 1 is 1.42 bits per heavy atom. The van der Waals surface area contributed by atoms with E-state index in [2.05, 4.69) is 38.3 Å². The average molecular weight is 347 g/mol. The molecule has 7 heteroatoms. The van der Waals surface area contributed by atoms with Crippen LogP contribution in [0.25, 0.3) is 0 Å². The van der Waals surface area contributed by atoms with Gasteiger partial charge in [-0.3, -0.25) is 0 Å². The molecule has 24 heavy (non-hydrogen) atoms. The van der Waals surface area contributed by atoms with Gasteiger partial charge in [0.05, 0.1) is 11.7 Å². The molecule has 2 aromatic heterocycles. The summed E-state index contributed by atoms with van der Waals surface area (Å²) in [5, 5.41) is 8.91. The molecule has 3 rings (SSSR count). The van der Waals surface area contributed by atoms with Gasteiger partial charge >= 0.3 is 6.03 Å². The van der Waals surface area contributed by atoms with Gasteiger partial charge in [0, 0.05) is 43.2 Å². The number of nitrogens with zero attached hydrogens (tertiary/aromatic N) is 3. The molecule has 2 amide bonds. The number of carbonyl (C=O) groups is 1. The Hall–Kier alpha value is -1.89. The fourth-order valence-electron chi connectivity index (χ4n) is 2.98. The predicted octanol–water partition coefficient (Wildman–Crippen LogP) is 2.98. The van der Waals surface area contributed by atoms with Gasteiger partial charge in [-0.25, -0.2) is 14.8 Å². The molecule has 6 nitrogen and oxygen atoms in total. The lowest BCUT2D eigenvalue weighted by Gasteiger charge is -2.15. The molecule has 0 aliphatic carbocycles. The number of imidazole rings is 1. The second-order valence-electron chi connectivity index (χ2n) is 6.24. The normalized spacial score (nSPS) is 14.9. The van der Waals surface area contributed by atoms with E-state index in [0.29, 0.717) is 6.54 Å². The molecule has 0 fully saturated rings. The van der Waals surface area contributed by atoms with Gasteiger partial charge < -0.3 is 15.2 Å². The van der Waals surface area contributed by atoms with Gasteiger partial charge in [-0.05, 0) is 26.2 Å². The van der Waals surface area contributed by atoms with Crippen LogP contribution in [0.1, 0.15) is 54.4 Å². The summed E-state index contributed by atoms with van der Waals surface area (Å²) in [7, 11) is 0. The molecule has 0 bridgehead atoms. The molecule has 0 spiro atoms. The first-order valence-corrected chi connectivity index (χ1v) is 9.55. The number of aromatic nitrogens is 3. The predicted molar refractivity (Wildman–Crippen MR) is 95.3 cm³/mol. The zero-order chi connectivity index (χ0) is 16.9. The quantitative estimate of drug-likeness (QED) is 0.844. The minimum atomic E-state index is -0.140. The number of carbonyl (C=O) groups excluding carboxylic acids is 1. The van der Waals surface area contributed by atoms with Gasteiger partial charge in [0.15, 0.2) is 0 Å². The lowest BCUT2D eigenvalue weighted by atomic mass is 10.2. The second-order valence-corrected chi connectivity index (χ2v) is 7.13. The Bertz CT molecular complexity index is 669. The molecule has 0 radical (unpaired) electrons. The maximum Gasteiger partial charge on any atom is 0.315 e. The lowest BCUT2D eigenvalue weighted by molar-refractivity contribution is 0.236. The molecule has 0 saturated carbocycles. The van der Waals surface area contributed by atoms with Crippen molar-refractivity contribution >= 4 is 17.4 Å². The second kappa shape index (κ2) is 7.79. The van der Waals surface area contributed by atoms with Crippen LogP contribution in [0.3, 0.4) is 0 Å². The molecule has 0 unspecified atom stereocenters. The van der Waals surface area contributed by atoms with Gasteiger partial charge in [0.25, 0.3) is 0 Å². The summed E-state index contributed by atoms with van der Waals surface area (Å²) in [4.78, 5) is 21.2. The standard InChI is InChI=1S/C17H25N5OS/c1-3-14(16-19-12(2)11-24-16)21-17(23)18-8-7-13-10-22-9-5-4-6-15(22)20-13/h10-11,14H,3-9H2,1-2H3,(H2,18,21,23)/t14-/m1/s1. The van der Waals surface area contributed by atoms with E-state index in [-0.39, 0.29) is 12.1 Å². The number of amides is 2. The minimum absolute atomic E-state index is 0.0244. The summed E-state index contributed by atoms with van der Waals surface area (Å²) in [6.45, 7) is 5.69. The van der Waals surface area contributed by atoms with E-state index in [1.807, 2.05) is 12.3 Å². The van der Waals surface area contributed by atoms with Crippen LogP contribution in [-0.2, 0) is 19.4 Å². The number of aryl methyl sites for hydroxylation is 3. The number of rotatable bonds is 6. The van der Waals surface area contributed by atoms with Gasteiger partial charge in [-0.1, -0.05) is 6.92 Å². The molecule has 130 valence electrons. The third kappa shape index (κ3) is 4.14. The van der Waals surface area contributed by atoms with Gasteiger partial charge in [-0.2, -0.15) is 0 Å². The van der Waals surface area contributed by atoms with Gasteiger partial charge in [0.2, 0.25) is 0 Å². The first kappa shape index (κ1) is 17.0. The topological polar surface area (TPSA) is 71.8 Å². The highest BCUT2D eigenvalue weighted by molar-refractivity contribution is 7.09. The van der Waals surface area contributed by atoms with E-state index in [1.165, 1.54) is 18.7 Å². The van der Waals surface area contributed by atoms with E-state index in [4.69, 9.17) is 0 Å². The highest BCUT2D eigenvalue weighted by atomic mass is 32.1. The summed E-state index contributed by atoms with van der Waals surface area (Å²) in [6, 6.07) is -0.165. The van der Waals surface area contributed by atoms with Crippen LogP contribution in [-0.4, -0.2) is 27.1 Å². The van der Waals surface area contributed by atoms with Crippen molar-refractivity contribution in [3.63, 3.8) is 0 Å². The number of fused-ring (bicyclic) bond motifs is 1. The molecule has 1 atom stereocenters. The number of nitrogens with one attached hydrogen (secondary N) is 2. The molecule has 2 aromatic rings. The third-order valence-electron chi connectivity index (χ3n) is 4.27. The number of urea groups is 1. The van der Waals surface area contributed by atoms with E-state index in [9.17, 15) is 4.79 Å². The van der Waals surface area contributed by atoms with Gasteiger partial charge in [0.1, 0.15) is 10.8 Å². The van der Waals surface area contributed by atoms with E-state index in [1.54, 1.807) is 11.3 Å². The van der Waals surface area contributed by atoms with E-state index >= 15 is 0 Å². The molecule has 2 N–H and O–H groups in total. The maximum absolute atomic E-state index is 12.1. The van der Waals surface area contributed by atoms with Crippen molar-refractivity contribution in [1.29, 1.82) is 0 Å². The molecule has 3 heterocycles. The van der Waals surface area contributed by atoms with Crippen molar-refractivity contribution in [3.05, 3.63) is 33.8 Å².